The van der Waals surface area contributed by atoms with Crippen LogP contribution in [0.5, 0.6) is 0 Å². The molecular formula is C15H32N2O. The van der Waals surface area contributed by atoms with E-state index in [1.165, 1.54) is 19.4 Å². The maximum atomic E-state index is 5.64. The fourth-order valence-corrected chi connectivity index (χ4v) is 2.65. The van der Waals surface area contributed by atoms with Gasteiger partial charge in [-0.3, -0.25) is 4.90 Å². The molecule has 18 heavy (non-hydrogen) atoms. The van der Waals surface area contributed by atoms with Crippen molar-refractivity contribution in [3.8, 4) is 0 Å². The zero-order valence-electron chi connectivity index (χ0n) is 12.7. The van der Waals surface area contributed by atoms with E-state index in [1.54, 1.807) is 0 Å². The third-order valence-electron chi connectivity index (χ3n) is 4.24. The Morgan fingerprint density at radius 1 is 1.28 bits per heavy atom. The van der Waals surface area contributed by atoms with Crippen molar-refractivity contribution in [1.82, 2.24) is 10.2 Å². The molecule has 1 heterocycles. The lowest BCUT2D eigenvalue weighted by Gasteiger charge is -2.42. The Morgan fingerprint density at radius 2 is 2.06 bits per heavy atom. The molecule has 1 aliphatic heterocycles. The Balaban J connectivity index is 2.38. The van der Waals surface area contributed by atoms with Gasteiger partial charge in [0.05, 0.1) is 6.61 Å². The van der Waals surface area contributed by atoms with Gasteiger partial charge in [0, 0.05) is 38.3 Å². The summed E-state index contributed by atoms with van der Waals surface area (Å²) in [6.45, 7) is 14.3. The van der Waals surface area contributed by atoms with Crippen LogP contribution in [0.15, 0.2) is 0 Å². The first-order valence-electron chi connectivity index (χ1n) is 7.78. The average molecular weight is 256 g/mol. The average Bonchev–Trinajstić information content (AvgIpc) is 2.42. The molecule has 0 spiro atoms. The minimum Gasteiger partial charge on any atom is -0.380 e. The van der Waals surface area contributed by atoms with Crippen LogP contribution in [0, 0.1) is 5.92 Å². The predicted octanol–water partition coefficient (Wildman–Crippen LogP) is 2.51. The van der Waals surface area contributed by atoms with Gasteiger partial charge >= 0.3 is 0 Å². The Kier molecular flexibility index (Phi) is 7.87. The molecule has 1 rings (SSSR count). The number of nitrogens with one attached hydrogen (secondary N) is 1. The van der Waals surface area contributed by atoms with E-state index in [1.807, 2.05) is 0 Å². The monoisotopic (exact) mass is 256 g/mol. The second-order valence-corrected chi connectivity index (χ2v) is 5.57. The first-order chi connectivity index (χ1) is 8.72. The molecule has 1 N–H and O–H groups in total. The summed E-state index contributed by atoms with van der Waals surface area (Å²) < 4.78 is 5.64. The summed E-state index contributed by atoms with van der Waals surface area (Å²) in [7, 11) is 0. The normalized spacial score (nSPS) is 27.3. The van der Waals surface area contributed by atoms with E-state index in [4.69, 9.17) is 4.74 Å². The van der Waals surface area contributed by atoms with Crippen molar-refractivity contribution < 1.29 is 4.74 Å². The number of nitrogens with zero attached hydrogens (tertiary/aromatic N) is 1. The number of hydrogen-bond donors (Lipinski definition) is 1. The standard InChI is InChI=1S/C15H32N2O/c1-5-9-18-10-8-17-12-15(13(4)6-2)16-11-14(17)7-3/h13-16H,5-12H2,1-4H3. The van der Waals surface area contributed by atoms with E-state index in [0.717, 1.165) is 38.6 Å². The zero-order chi connectivity index (χ0) is 13.4. The number of ether oxygens (including phenoxy) is 1. The topological polar surface area (TPSA) is 24.5 Å². The van der Waals surface area contributed by atoms with Gasteiger partial charge in [-0.1, -0.05) is 34.1 Å². The minimum atomic E-state index is 0.656. The van der Waals surface area contributed by atoms with E-state index in [-0.39, 0.29) is 0 Å². The summed E-state index contributed by atoms with van der Waals surface area (Å²) in [6, 6.07) is 1.35. The molecule has 0 aromatic rings. The van der Waals surface area contributed by atoms with E-state index in [0.29, 0.717) is 12.1 Å². The molecule has 0 amide bonds. The maximum Gasteiger partial charge on any atom is 0.0593 e. The van der Waals surface area contributed by atoms with Gasteiger partial charge in [0.25, 0.3) is 0 Å². The van der Waals surface area contributed by atoms with Crippen molar-refractivity contribution in [2.45, 2.75) is 59.0 Å². The summed E-state index contributed by atoms with van der Waals surface area (Å²) in [5.74, 6) is 0.766. The highest BCUT2D eigenvalue weighted by Crippen LogP contribution is 2.16. The van der Waals surface area contributed by atoms with Crippen molar-refractivity contribution >= 4 is 0 Å². The third-order valence-corrected chi connectivity index (χ3v) is 4.24. The molecule has 0 saturated carbocycles. The number of hydrogen-bond acceptors (Lipinski definition) is 3. The molecule has 0 aliphatic carbocycles. The van der Waals surface area contributed by atoms with Crippen LogP contribution in [0.1, 0.15) is 47.0 Å². The van der Waals surface area contributed by atoms with E-state index in [9.17, 15) is 0 Å². The van der Waals surface area contributed by atoms with Crippen molar-refractivity contribution in [2.24, 2.45) is 5.92 Å². The van der Waals surface area contributed by atoms with Gasteiger partial charge in [-0.2, -0.15) is 0 Å². The van der Waals surface area contributed by atoms with Crippen LogP contribution in [0.2, 0.25) is 0 Å². The molecule has 1 fully saturated rings. The molecule has 0 aromatic heterocycles. The largest absolute Gasteiger partial charge is 0.380 e. The van der Waals surface area contributed by atoms with Gasteiger partial charge in [0.15, 0.2) is 0 Å². The van der Waals surface area contributed by atoms with Crippen LogP contribution in [-0.2, 0) is 4.74 Å². The highest BCUT2D eigenvalue weighted by molar-refractivity contribution is 4.87. The lowest BCUT2D eigenvalue weighted by Crippen LogP contribution is -2.58. The summed E-state index contributed by atoms with van der Waals surface area (Å²) in [4.78, 5) is 2.63. The number of rotatable bonds is 8. The number of piperazine rings is 1. The Bertz CT molecular complexity index is 211. The van der Waals surface area contributed by atoms with Gasteiger partial charge < -0.3 is 10.1 Å². The summed E-state index contributed by atoms with van der Waals surface area (Å²) in [5, 5.41) is 3.72. The molecule has 1 aliphatic rings. The zero-order valence-corrected chi connectivity index (χ0v) is 12.7. The molecule has 0 aromatic carbocycles. The highest BCUT2D eigenvalue weighted by atomic mass is 16.5. The second kappa shape index (κ2) is 8.89. The van der Waals surface area contributed by atoms with E-state index < -0.39 is 0 Å². The Labute approximate surface area is 113 Å². The van der Waals surface area contributed by atoms with E-state index in [2.05, 4.69) is 37.9 Å². The molecule has 0 bridgehead atoms. The minimum absolute atomic E-state index is 0.656. The van der Waals surface area contributed by atoms with Crippen LogP contribution in [0.3, 0.4) is 0 Å². The molecule has 3 nitrogen and oxygen atoms in total. The van der Waals surface area contributed by atoms with Gasteiger partial charge in [-0.05, 0) is 18.8 Å². The first kappa shape index (κ1) is 15.9. The third kappa shape index (κ3) is 4.87. The summed E-state index contributed by atoms with van der Waals surface area (Å²) in [5.41, 5.74) is 0. The Hall–Kier alpha value is -0.120. The molecule has 3 atom stereocenters. The molecule has 1 saturated heterocycles. The van der Waals surface area contributed by atoms with E-state index >= 15 is 0 Å². The lowest BCUT2D eigenvalue weighted by atomic mass is 9.95. The smallest absolute Gasteiger partial charge is 0.0593 e. The molecule has 0 radical (unpaired) electrons. The molecule has 3 unspecified atom stereocenters. The summed E-state index contributed by atoms with van der Waals surface area (Å²) >= 11 is 0. The van der Waals surface area contributed by atoms with Crippen molar-refractivity contribution in [3.05, 3.63) is 0 Å². The first-order valence-corrected chi connectivity index (χ1v) is 7.78. The lowest BCUT2D eigenvalue weighted by molar-refractivity contribution is 0.0561. The quantitative estimate of drug-likeness (QED) is 0.675. The molecule has 3 heteroatoms. The van der Waals surface area contributed by atoms with Crippen molar-refractivity contribution in [3.63, 3.8) is 0 Å². The van der Waals surface area contributed by atoms with Crippen LogP contribution in [0.4, 0.5) is 0 Å². The second-order valence-electron chi connectivity index (χ2n) is 5.57. The highest BCUT2D eigenvalue weighted by Gasteiger charge is 2.28. The maximum absolute atomic E-state index is 5.64. The van der Waals surface area contributed by atoms with Crippen LogP contribution in [-0.4, -0.2) is 49.8 Å². The van der Waals surface area contributed by atoms with Crippen molar-refractivity contribution in [1.29, 1.82) is 0 Å². The van der Waals surface area contributed by atoms with Crippen LogP contribution >= 0.6 is 0 Å². The fourth-order valence-electron chi connectivity index (χ4n) is 2.65. The fraction of sp³-hybridized carbons (Fsp3) is 1.00. The van der Waals surface area contributed by atoms with Crippen LogP contribution < -0.4 is 5.32 Å². The molecular weight excluding hydrogens is 224 g/mol. The van der Waals surface area contributed by atoms with Gasteiger partial charge in [-0.15, -0.1) is 0 Å². The molecule has 108 valence electrons. The predicted molar refractivity (Wildman–Crippen MR) is 78.0 cm³/mol. The van der Waals surface area contributed by atoms with Gasteiger partial charge in [-0.25, -0.2) is 0 Å². The SMILES string of the molecule is CCCOCCN1CC(C(C)CC)NCC1CC. The van der Waals surface area contributed by atoms with Crippen molar-refractivity contribution in [2.75, 3.05) is 32.8 Å². The van der Waals surface area contributed by atoms with Gasteiger partial charge in [0.2, 0.25) is 0 Å². The Morgan fingerprint density at radius 3 is 2.67 bits per heavy atom. The van der Waals surface area contributed by atoms with Crippen LogP contribution in [0.25, 0.3) is 0 Å². The summed E-state index contributed by atoms with van der Waals surface area (Å²) in [6.07, 6.45) is 3.61. The van der Waals surface area contributed by atoms with Gasteiger partial charge in [0.1, 0.15) is 0 Å².